The molecule has 136 valence electrons. The molecule has 5 nitrogen and oxygen atoms in total. The zero-order valence-electron chi connectivity index (χ0n) is 14.8. The molecule has 0 saturated carbocycles. The van der Waals surface area contributed by atoms with Gasteiger partial charge in [-0.2, -0.15) is 0 Å². The second kappa shape index (κ2) is 6.96. The fraction of sp³-hybridized carbons (Fsp3) is 0.556. The van der Waals surface area contributed by atoms with Crippen LogP contribution in [0.4, 0.5) is 10.1 Å². The molecule has 1 saturated heterocycles. The van der Waals surface area contributed by atoms with Crippen molar-refractivity contribution in [2.75, 3.05) is 23.5 Å². The molecule has 7 heteroatoms. The van der Waals surface area contributed by atoms with E-state index in [9.17, 15) is 14.0 Å². The van der Waals surface area contributed by atoms with Crippen molar-refractivity contribution >= 4 is 29.3 Å². The SMILES string of the molecule is CC(C)(C)C(=O)N1CSCC1C(=O)Nc1ccc2c(c1F)CCNC2. The van der Waals surface area contributed by atoms with Crippen molar-refractivity contribution in [1.29, 1.82) is 0 Å². The van der Waals surface area contributed by atoms with Gasteiger partial charge < -0.3 is 15.5 Å². The average molecular weight is 365 g/mol. The van der Waals surface area contributed by atoms with E-state index in [0.717, 1.165) is 12.1 Å². The van der Waals surface area contributed by atoms with Gasteiger partial charge in [0.1, 0.15) is 11.9 Å². The van der Waals surface area contributed by atoms with E-state index in [2.05, 4.69) is 10.6 Å². The number of carbonyl (C=O) groups is 2. The lowest BCUT2D eigenvalue weighted by Crippen LogP contribution is -2.48. The summed E-state index contributed by atoms with van der Waals surface area (Å²) < 4.78 is 14.7. The standard InChI is InChI=1S/C18H24FN3O2S/c1-18(2,3)17(24)22-10-25-9-14(22)16(23)21-13-5-4-11-8-20-7-6-12(11)15(13)19/h4-5,14,20H,6-10H2,1-3H3,(H,21,23). The van der Waals surface area contributed by atoms with Crippen LogP contribution in [0.25, 0.3) is 0 Å². The molecule has 25 heavy (non-hydrogen) atoms. The van der Waals surface area contributed by atoms with E-state index in [0.29, 0.717) is 30.2 Å². The molecule has 1 fully saturated rings. The fourth-order valence-electron chi connectivity index (χ4n) is 3.14. The van der Waals surface area contributed by atoms with Crippen LogP contribution in [0.5, 0.6) is 0 Å². The molecule has 0 spiro atoms. The van der Waals surface area contributed by atoms with Crippen LogP contribution < -0.4 is 10.6 Å². The number of nitrogens with one attached hydrogen (secondary N) is 2. The largest absolute Gasteiger partial charge is 0.322 e. The normalized spacial score (nSPS) is 20.3. The first-order chi connectivity index (χ1) is 11.8. The number of benzene rings is 1. The number of hydrogen-bond donors (Lipinski definition) is 2. The molecule has 1 aromatic rings. The summed E-state index contributed by atoms with van der Waals surface area (Å²) in [6.07, 6.45) is 0.610. The fourth-order valence-corrected chi connectivity index (χ4v) is 4.29. The number of carbonyl (C=O) groups excluding carboxylic acids is 2. The highest BCUT2D eigenvalue weighted by Crippen LogP contribution is 2.29. The van der Waals surface area contributed by atoms with E-state index < -0.39 is 11.5 Å². The molecule has 2 heterocycles. The number of nitrogens with zero attached hydrogens (tertiary/aromatic N) is 1. The van der Waals surface area contributed by atoms with Gasteiger partial charge >= 0.3 is 0 Å². The van der Waals surface area contributed by atoms with Gasteiger partial charge in [-0.25, -0.2) is 4.39 Å². The number of rotatable bonds is 2. The van der Waals surface area contributed by atoms with E-state index in [4.69, 9.17) is 0 Å². The molecule has 2 aliphatic heterocycles. The van der Waals surface area contributed by atoms with Crippen LogP contribution in [0, 0.1) is 11.2 Å². The third-order valence-electron chi connectivity index (χ3n) is 4.55. The second-order valence-corrected chi connectivity index (χ2v) is 8.52. The lowest BCUT2D eigenvalue weighted by molar-refractivity contribution is -0.143. The number of anilines is 1. The Balaban J connectivity index is 1.77. The van der Waals surface area contributed by atoms with Gasteiger partial charge in [0.15, 0.2) is 0 Å². The highest BCUT2D eigenvalue weighted by atomic mass is 32.2. The molecule has 1 aromatic carbocycles. The molecule has 2 aliphatic rings. The maximum atomic E-state index is 14.7. The third kappa shape index (κ3) is 3.67. The predicted molar refractivity (Wildman–Crippen MR) is 97.9 cm³/mol. The summed E-state index contributed by atoms with van der Waals surface area (Å²) >= 11 is 1.54. The smallest absolute Gasteiger partial charge is 0.248 e. The highest BCUT2D eigenvalue weighted by molar-refractivity contribution is 7.99. The summed E-state index contributed by atoms with van der Waals surface area (Å²) in [5.74, 6) is 0.285. The zero-order chi connectivity index (χ0) is 18.2. The van der Waals surface area contributed by atoms with Crippen LogP contribution in [0.2, 0.25) is 0 Å². The Hall–Kier alpha value is -1.60. The van der Waals surface area contributed by atoms with Gasteiger partial charge in [-0.3, -0.25) is 9.59 Å². The molecular weight excluding hydrogens is 341 g/mol. The Bertz CT molecular complexity index is 702. The van der Waals surface area contributed by atoms with Crippen LogP contribution in [0.15, 0.2) is 12.1 Å². The van der Waals surface area contributed by atoms with Gasteiger partial charge in [0.2, 0.25) is 11.8 Å². The molecule has 3 rings (SSSR count). The van der Waals surface area contributed by atoms with Gasteiger partial charge in [0, 0.05) is 17.7 Å². The Kier molecular flexibility index (Phi) is 5.06. The molecule has 1 unspecified atom stereocenters. The lowest BCUT2D eigenvalue weighted by Gasteiger charge is -2.29. The van der Waals surface area contributed by atoms with Crippen molar-refractivity contribution in [2.45, 2.75) is 39.8 Å². The lowest BCUT2D eigenvalue weighted by atomic mass is 9.94. The average Bonchev–Trinajstić information content (AvgIpc) is 3.05. The maximum Gasteiger partial charge on any atom is 0.248 e. The molecule has 1 atom stereocenters. The first-order valence-electron chi connectivity index (χ1n) is 8.49. The Morgan fingerprint density at radius 3 is 2.84 bits per heavy atom. The van der Waals surface area contributed by atoms with Crippen molar-refractivity contribution in [3.05, 3.63) is 29.1 Å². The van der Waals surface area contributed by atoms with Gasteiger partial charge in [-0.15, -0.1) is 11.8 Å². The van der Waals surface area contributed by atoms with Crippen LogP contribution in [0.1, 0.15) is 31.9 Å². The molecule has 0 bridgehead atoms. The van der Waals surface area contributed by atoms with Crippen LogP contribution in [-0.2, 0) is 22.6 Å². The third-order valence-corrected chi connectivity index (χ3v) is 5.56. The summed E-state index contributed by atoms with van der Waals surface area (Å²) in [6.45, 7) is 6.89. The summed E-state index contributed by atoms with van der Waals surface area (Å²) in [6, 6.07) is 2.90. The van der Waals surface area contributed by atoms with Crippen molar-refractivity contribution in [2.24, 2.45) is 5.41 Å². The number of halogens is 1. The van der Waals surface area contributed by atoms with Gasteiger partial charge in [-0.05, 0) is 30.2 Å². The van der Waals surface area contributed by atoms with E-state index in [-0.39, 0.29) is 23.3 Å². The molecule has 0 aliphatic carbocycles. The van der Waals surface area contributed by atoms with Crippen LogP contribution >= 0.6 is 11.8 Å². The molecule has 2 N–H and O–H groups in total. The van der Waals surface area contributed by atoms with Crippen molar-refractivity contribution in [3.63, 3.8) is 0 Å². The minimum absolute atomic E-state index is 0.0605. The minimum atomic E-state index is -0.561. The molecule has 2 amide bonds. The van der Waals surface area contributed by atoms with Crippen LogP contribution in [0.3, 0.4) is 0 Å². The molecule has 0 aromatic heterocycles. The highest BCUT2D eigenvalue weighted by Gasteiger charge is 2.39. The first kappa shape index (κ1) is 18.2. The Morgan fingerprint density at radius 1 is 1.36 bits per heavy atom. The van der Waals surface area contributed by atoms with Gasteiger partial charge in [-0.1, -0.05) is 26.8 Å². The summed E-state index contributed by atoms with van der Waals surface area (Å²) in [5, 5.41) is 5.90. The van der Waals surface area contributed by atoms with Gasteiger partial charge in [0.25, 0.3) is 0 Å². The van der Waals surface area contributed by atoms with Crippen molar-refractivity contribution < 1.29 is 14.0 Å². The molecule has 0 radical (unpaired) electrons. The summed E-state index contributed by atoms with van der Waals surface area (Å²) in [4.78, 5) is 26.8. The number of thioether (sulfide) groups is 1. The Morgan fingerprint density at radius 2 is 2.12 bits per heavy atom. The summed E-state index contributed by atoms with van der Waals surface area (Å²) in [7, 11) is 0. The monoisotopic (exact) mass is 365 g/mol. The number of amides is 2. The van der Waals surface area contributed by atoms with Gasteiger partial charge in [0.05, 0.1) is 11.6 Å². The summed E-state index contributed by atoms with van der Waals surface area (Å²) in [5.41, 5.74) is 1.25. The van der Waals surface area contributed by atoms with E-state index in [1.54, 1.807) is 22.7 Å². The molecular formula is C18H24FN3O2S. The number of fused-ring (bicyclic) bond motifs is 1. The zero-order valence-corrected chi connectivity index (χ0v) is 15.6. The van der Waals surface area contributed by atoms with Crippen molar-refractivity contribution in [3.8, 4) is 0 Å². The van der Waals surface area contributed by atoms with E-state index in [1.165, 1.54) is 0 Å². The van der Waals surface area contributed by atoms with Crippen LogP contribution in [-0.4, -0.2) is 40.9 Å². The first-order valence-corrected chi connectivity index (χ1v) is 9.65. The quantitative estimate of drug-likeness (QED) is 0.845. The topological polar surface area (TPSA) is 61.4 Å². The minimum Gasteiger partial charge on any atom is -0.322 e. The second-order valence-electron chi connectivity index (χ2n) is 7.52. The predicted octanol–water partition coefficient (Wildman–Crippen LogP) is 2.36. The number of hydrogen-bond acceptors (Lipinski definition) is 4. The van der Waals surface area contributed by atoms with E-state index in [1.807, 2.05) is 26.8 Å². The van der Waals surface area contributed by atoms with Crippen molar-refractivity contribution in [1.82, 2.24) is 10.2 Å². The maximum absolute atomic E-state index is 14.7. The van der Waals surface area contributed by atoms with E-state index >= 15 is 0 Å². The Labute approximate surface area is 151 Å².